The molecule has 18 heavy (non-hydrogen) atoms. The summed E-state index contributed by atoms with van der Waals surface area (Å²) in [6.45, 7) is 0. The highest BCUT2D eigenvalue weighted by Gasteiger charge is 2.13. The van der Waals surface area contributed by atoms with E-state index in [9.17, 15) is 8.42 Å². The molecular weight excluding hydrogens is 254 g/mol. The van der Waals surface area contributed by atoms with Crippen LogP contribution in [0, 0.1) is 0 Å². The number of benzene rings is 1. The Hall–Kier alpha value is -2.02. The van der Waals surface area contributed by atoms with Crippen LogP contribution >= 0.6 is 0 Å². The molecule has 0 atom stereocenters. The Morgan fingerprint density at radius 3 is 2.61 bits per heavy atom. The van der Waals surface area contributed by atoms with E-state index in [4.69, 9.17) is 10.3 Å². The van der Waals surface area contributed by atoms with Crippen molar-refractivity contribution in [3.05, 3.63) is 30.3 Å². The molecule has 0 aliphatic rings. The van der Waals surface area contributed by atoms with Crippen molar-refractivity contribution in [2.24, 2.45) is 0 Å². The smallest absolute Gasteiger partial charge is 0.231 e. The second-order valence-electron chi connectivity index (χ2n) is 3.90. The third-order valence-electron chi connectivity index (χ3n) is 2.52. The van der Waals surface area contributed by atoms with E-state index in [2.05, 4.69) is 5.16 Å². The van der Waals surface area contributed by atoms with E-state index in [-0.39, 0.29) is 5.82 Å². The second-order valence-corrected chi connectivity index (χ2v) is 5.91. The molecule has 6 nitrogen and oxygen atoms in total. The van der Waals surface area contributed by atoms with Gasteiger partial charge >= 0.3 is 0 Å². The van der Waals surface area contributed by atoms with Crippen LogP contribution in [0.5, 0.6) is 0 Å². The van der Waals surface area contributed by atoms with E-state index >= 15 is 0 Å². The lowest BCUT2D eigenvalue weighted by Gasteiger charge is -2.16. The number of sulfonamides is 1. The van der Waals surface area contributed by atoms with Gasteiger partial charge < -0.3 is 10.3 Å². The molecule has 1 aromatic carbocycles. The molecule has 0 amide bonds. The van der Waals surface area contributed by atoms with Gasteiger partial charge in [-0.05, 0) is 12.1 Å². The lowest BCUT2D eigenvalue weighted by molar-refractivity contribution is 0.436. The first-order valence-corrected chi connectivity index (χ1v) is 6.99. The normalized spacial score (nSPS) is 11.4. The van der Waals surface area contributed by atoms with Gasteiger partial charge in [-0.3, -0.25) is 4.31 Å². The second kappa shape index (κ2) is 4.34. The number of nitrogens with zero attached hydrogens (tertiary/aromatic N) is 2. The van der Waals surface area contributed by atoms with Gasteiger partial charge in [-0.15, -0.1) is 0 Å². The molecule has 0 bridgehead atoms. The van der Waals surface area contributed by atoms with Gasteiger partial charge in [0.15, 0.2) is 11.6 Å². The number of nitrogens with two attached hydrogens (primary N) is 1. The molecule has 1 aromatic heterocycles. The fraction of sp³-hybridized carbons (Fsp3) is 0.182. The predicted molar refractivity (Wildman–Crippen MR) is 69.6 cm³/mol. The molecule has 7 heteroatoms. The van der Waals surface area contributed by atoms with Crippen LogP contribution in [0.3, 0.4) is 0 Å². The zero-order chi connectivity index (χ0) is 13.3. The molecule has 2 aromatic rings. The van der Waals surface area contributed by atoms with Crippen molar-refractivity contribution in [2.45, 2.75) is 0 Å². The molecule has 2 rings (SSSR count). The van der Waals surface area contributed by atoms with E-state index in [1.807, 2.05) is 0 Å². The Morgan fingerprint density at radius 1 is 1.33 bits per heavy atom. The molecule has 0 saturated heterocycles. The fourth-order valence-corrected chi connectivity index (χ4v) is 1.97. The minimum Gasteiger partial charge on any atom is -0.381 e. The summed E-state index contributed by atoms with van der Waals surface area (Å²) in [6.07, 6.45) is 1.14. The van der Waals surface area contributed by atoms with Gasteiger partial charge in [0.2, 0.25) is 10.0 Å². The molecule has 2 N–H and O–H groups in total. The van der Waals surface area contributed by atoms with Crippen LogP contribution in [0.4, 0.5) is 11.5 Å². The van der Waals surface area contributed by atoms with Crippen molar-refractivity contribution in [3.8, 4) is 11.3 Å². The third kappa shape index (κ3) is 2.45. The summed E-state index contributed by atoms with van der Waals surface area (Å²) < 4.78 is 29.1. The van der Waals surface area contributed by atoms with E-state index in [0.717, 1.165) is 6.26 Å². The van der Waals surface area contributed by atoms with Gasteiger partial charge in [0.05, 0.1) is 11.9 Å². The van der Waals surface area contributed by atoms with Crippen LogP contribution in [0.2, 0.25) is 0 Å². The first-order valence-electron chi connectivity index (χ1n) is 5.14. The van der Waals surface area contributed by atoms with Gasteiger partial charge in [0.1, 0.15) is 0 Å². The number of hydrogen-bond acceptors (Lipinski definition) is 5. The highest BCUT2D eigenvalue weighted by Crippen LogP contribution is 2.26. The Morgan fingerprint density at radius 2 is 2.06 bits per heavy atom. The van der Waals surface area contributed by atoms with Gasteiger partial charge in [-0.2, -0.15) is 0 Å². The lowest BCUT2D eigenvalue weighted by Crippen LogP contribution is -2.24. The van der Waals surface area contributed by atoms with E-state index in [0.29, 0.717) is 17.0 Å². The number of aromatic nitrogens is 1. The predicted octanol–water partition coefficient (Wildman–Crippen LogP) is 1.32. The molecule has 0 spiro atoms. The highest BCUT2D eigenvalue weighted by molar-refractivity contribution is 7.92. The van der Waals surface area contributed by atoms with Crippen LogP contribution in [-0.4, -0.2) is 26.9 Å². The maximum Gasteiger partial charge on any atom is 0.231 e. The van der Waals surface area contributed by atoms with Crippen molar-refractivity contribution in [1.82, 2.24) is 5.16 Å². The highest BCUT2D eigenvalue weighted by atomic mass is 32.2. The Bertz CT molecular complexity index is 664. The molecular formula is C11H13N3O3S. The quantitative estimate of drug-likeness (QED) is 0.905. The SMILES string of the molecule is CN(c1cccc(-c2cc(N)no2)c1)S(C)(=O)=O. The summed E-state index contributed by atoms with van der Waals surface area (Å²) in [7, 11) is -1.80. The summed E-state index contributed by atoms with van der Waals surface area (Å²) in [5.74, 6) is 0.781. The van der Waals surface area contributed by atoms with Gasteiger partial charge in [0, 0.05) is 18.7 Å². The standard InChI is InChI=1S/C11H13N3O3S/c1-14(18(2,15)16)9-5-3-4-8(6-9)10-7-11(12)13-17-10/h3-7H,1-2H3,(H2,12,13). The minimum atomic E-state index is -3.29. The van der Waals surface area contributed by atoms with Crippen LogP contribution in [-0.2, 0) is 10.0 Å². The maximum absolute atomic E-state index is 11.5. The van der Waals surface area contributed by atoms with Crippen LogP contribution in [0.15, 0.2) is 34.9 Å². The summed E-state index contributed by atoms with van der Waals surface area (Å²) in [6, 6.07) is 8.51. The summed E-state index contributed by atoms with van der Waals surface area (Å²) in [5, 5.41) is 3.59. The van der Waals surface area contributed by atoms with Crippen molar-refractivity contribution < 1.29 is 12.9 Å². The zero-order valence-electron chi connectivity index (χ0n) is 9.99. The zero-order valence-corrected chi connectivity index (χ0v) is 10.8. The topological polar surface area (TPSA) is 89.4 Å². The molecule has 0 aliphatic carbocycles. The summed E-state index contributed by atoms with van der Waals surface area (Å²) >= 11 is 0. The van der Waals surface area contributed by atoms with Crippen LogP contribution in [0.1, 0.15) is 0 Å². The molecule has 0 aliphatic heterocycles. The summed E-state index contributed by atoms with van der Waals surface area (Å²) in [4.78, 5) is 0. The third-order valence-corrected chi connectivity index (χ3v) is 3.73. The number of rotatable bonds is 3. The van der Waals surface area contributed by atoms with Gasteiger partial charge in [0.25, 0.3) is 0 Å². The van der Waals surface area contributed by atoms with Crippen LogP contribution < -0.4 is 10.0 Å². The van der Waals surface area contributed by atoms with Crippen molar-refractivity contribution in [3.63, 3.8) is 0 Å². The Labute approximate surface area is 105 Å². The first kappa shape index (κ1) is 12.4. The van der Waals surface area contributed by atoms with E-state index in [1.54, 1.807) is 30.3 Å². The van der Waals surface area contributed by atoms with Gasteiger partial charge in [-0.1, -0.05) is 17.3 Å². The molecule has 0 fully saturated rings. The van der Waals surface area contributed by atoms with Crippen LogP contribution in [0.25, 0.3) is 11.3 Å². The van der Waals surface area contributed by atoms with Crippen molar-refractivity contribution >= 4 is 21.5 Å². The maximum atomic E-state index is 11.5. The number of anilines is 2. The minimum absolute atomic E-state index is 0.284. The molecule has 0 radical (unpaired) electrons. The summed E-state index contributed by atoms with van der Waals surface area (Å²) in [5.41, 5.74) is 6.73. The Kier molecular flexibility index (Phi) is 3.00. The Balaban J connectivity index is 2.43. The largest absolute Gasteiger partial charge is 0.381 e. The average Bonchev–Trinajstić information content (AvgIpc) is 2.74. The first-order chi connectivity index (χ1) is 8.38. The van der Waals surface area contributed by atoms with Crippen molar-refractivity contribution in [1.29, 1.82) is 0 Å². The lowest BCUT2D eigenvalue weighted by atomic mass is 10.1. The molecule has 96 valence electrons. The van der Waals surface area contributed by atoms with Crippen molar-refractivity contribution in [2.75, 3.05) is 23.3 Å². The monoisotopic (exact) mass is 267 g/mol. The molecule has 0 unspecified atom stereocenters. The number of nitrogen functional groups attached to an aromatic ring is 1. The molecule has 1 heterocycles. The fourth-order valence-electron chi connectivity index (χ4n) is 1.47. The van der Waals surface area contributed by atoms with E-state index < -0.39 is 10.0 Å². The molecule has 0 saturated carbocycles. The number of hydrogen-bond donors (Lipinski definition) is 1. The van der Waals surface area contributed by atoms with Gasteiger partial charge in [-0.25, -0.2) is 8.42 Å². The average molecular weight is 267 g/mol. The van der Waals surface area contributed by atoms with E-state index in [1.165, 1.54) is 11.4 Å².